The summed E-state index contributed by atoms with van der Waals surface area (Å²) in [4.78, 5) is 20.4. The minimum absolute atomic E-state index is 0.213. The minimum Gasteiger partial charge on any atom is -0.453 e. The van der Waals surface area contributed by atoms with Gasteiger partial charge in [0.15, 0.2) is 0 Å². The summed E-state index contributed by atoms with van der Waals surface area (Å²) in [5.74, 6) is -0.554. The summed E-state index contributed by atoms with van der Waals surface area (Å²) in [6.07, 6.45) is -0.787. The predicted octanol–water partition coefficient (Wildman–Crippen LogP) is -1.17. The second-order valence-electron chi connectivity index (χ2n) is 1.24. The Morgan fingerprint density at radius 2 is 2.22 bits per heavy atom. The Hall–Kier alpha value is -1.10. The molecule has 0 bridgehead atoms. The van der Waals surface area contributed by atoms with E-state index in [2.05, 4.69) is 4.74 Å². The SMILES string of the molecule is COC(=O)NC(=O)CN. The molecule has 0 unspecified atom stereocenters. The number of rotatable bonds is 1. The maximum Gasteiger partial charge on any atom is 0.413 e. The average molecular weight is 132 g/mol. The Labute approximate surface area is 52.2 Å². The van der Waals surface area contributed by atoms with E-state index in [1.807, 2.05) is 5.32 Å². The lowest BCUT2D eigenvalue weighted by Crippen LogP contribution is -2.35. The molecule has 0 aromatic heterocycles. The highest BCUT2D eigenvalue weighted by Gasteiger charge is 2.02. The Kier molecular flexibility index (Phi) is 3.38. The summed E-state index contributed by atoms with van der Waals surface area (Å²) < 4.78 is 4.10. The van der Waals surface area contributed by atoms with E-state index in [-0.39, 0.29) is 6.54 Å². The number of imide groups is 1. The Morgan fingerprint density at radius 3 is 2.56 bits per heavy atom. The van der Waals surface area contributed by atoms with Crippen molar-refractivity contribution in [3.05, 3.63) is 0 Å². The van der Waals surface area contributed by atoms with Crippen LogP contribution in [0, 0.1) is 0 Å². The molecule has 0 radical (unpaired) electrons. The average Bonchev–Trinajstić information content (AvgIpc) is 1.87. The molecule has 0 rings (SSSR count). The fraction of sp³-hybridized carbons (Fsp3) is 0.500. The van der Waals surface area contributed by atoms with Gasteiger partial charge in [-0.15, -0.1) is 0 Å². The van der Waals surface area contributed by atoms with Crippen molar-refractivity contribution >= 4 is 12.0 Å². The molecule has 0 aliphatic rings. The van der Waals surface area contributed by atoms with Gasteiger partial charge in [-0.25, -0.2) is 4.79 Å². The predicted molar refractivity (Wildman–Crippen MR) is 29.6 cm³/mol. The van der Waals surface area contributed by atoms with Crippen molar-refractivity contribution in [1.29, 1.82) is 0 Å². The van der Waals surface area contributed by atoms with E-state index in [1.165, 1.54) is 7.11 Å². The van der Waals surface area contributed by atoms with Crippen LogP contribution in [0.5, 0.6) is 0 Å². The van der Waals surface area contributed by atoms with E-state index >= 15 is 0 Å². The number of ether oxygens (including phenoxy) is 1. The Balaban J connectivity index is 3.47. The molecule has 0 aliphatic carbocycles. The lowest BCUT2D eigenvalue weighted by molar-refractivity contribution is -0.119. The number of methoxy groups -OCH3 is 1. The first kappa shape index (κ1) is 7.90. The van der Waals surface area contributed by atoms with Crippen LogP contribution in [0.15, 0.2) is 0 Å². The quantitative estimate of drug-likeness (QED) is 0.471. The molecule has 0 saturated heterocycles. The molecule has 0 saturated carbocycles. The highest BCUT2D eigenvalue weighted by molar-refractivity contribution is 5.92. The van der Waals surface area contributed by atoms with E-state index in [1.54, 1.807) is 0 Å². The number of nitrogens with two attached hydrogens (primary N) is 1. The molecule has 9 heavy (non-hydrogen) atoms. The first-order valence-electron chi connectivity index (χ1n) is 2.28. The minimum atomic E-state index is -0.787. The van der Waals surface area contributed by atoms with Gasteiger partial charge in [-0.05, 0) is 0 Å². The number of alkyl carbamates (subject to hydrolysis) is 1. The third kappa shape index (κ3) is 3.48. The summed E-state index contributed by atoms with van der Waals surface area (Å²) in [7, 11) is 1.17. The van der Waals surface area contributed by atoms with Gasteiger partial charge in [0.2, 0.25) is 5.91 Å². The van der Waals surface area contributed by atoms with Gasteiger partial charge < -0.3 is 10.5 Å². The molecule has 0 aliphatic heterocycles. The van der Waals surface area contributed by atoms with Crippen LogP contribution < -0.4 is 11.1 Å². The molecule has 5 heteroatoms. The van der Waals surface area contributed by atoms with E-state index in [0.29, 0.717) is 0 Å². The van der Waals surface area contributed by atoms with Crippen molar-refractivity contribution in [3.63, 3.8) is 0 Å². The molecule has 52 valence electrons. The van der Waals surface area contributed by atoms with Crippen LogP contribution in [-0.2, 0) is 9.53 Å². The van der Waals surface area contributed by atoms with Crippen molar-refractivity contribution in [1.82, 2.24) is 5.32 Å². The molecule has 5 nitrogen and oxygen atoms in total. The largest absolute Gasteiger partial charge is 0.453 e. The number of hydrogen-bond donors (Lipinski definition) is 2. The van der Waals surface area contributed by atoms with Gasteiger partial charge in [-0.1, -0.05) is 0 Å². The zero-order valence-corrected chi connectivity index (χ0v) is 5.01. The lowest BCUT2D eigenvalue weighted by atomic mass is 10.6. The molecule has 3 N–H and O–H groups in total. The fourth-order valence-corrected chi connectivity index (χ4v) is 0.216. The van der Waals surface area contributed by atoms with Crippen LogP contribution in [0.25, 0.3) is 0 Å². The molecule has 0 aromatic carbocycles. The number of carbonyl (C=O) groups is 2. The fourth-order valence-electron chi connectivity index (χ4n) is 0.216. The first-order valence-corrected chi connectivity index (χ1v) is 2.28. The Morgan fingerprint density at radius 1 is 1.67 bits per heavy atom. The standard InChI is InChI=1S/C4H8N2O3/c1-9-4(8)6-3(7)2-5/h2,5H2,1H3,(H,6,7,8). The third-order valence-electron chi connectivity index (χ3n) is 0.612. The van der Waals surface area contributed by atoms with Crippen molar-refractivity contribution in [3.8, 4) is 0 Å². The third-order valence-corrected chi connectivity index (χ3v) is 0.612. The summed E-state index contributed by atoms with van der Waals surface area (Å²) in [6.45, 7) is -0.213. The summed E-state index contributed by atoms with van der Waals surface area (Å²) >= 11 is 0. The van der Waals surface area contributed by atoms with Crippen LogP contribution in [-0.4, -0.2) is 25.7 Å². The number of nitrogens with one attached hydrogen (secondary N) is 1. The van der Waals surface area contributed by atoms with E-state index in [9.17, 15) is 9.59 Å². The topological polar surface area (TPSA) is 81.4 Å². The van der Waals surface area contributed by atoms with E-state index in [0.717, 1.165) is 0 Å². The van der Waals surface area contributed by atoms with Crippen LogP contribution >= 0.6 is 0 Å². The number of carbonyl (C=O) groups excluding carboxylic acids is 2. The molecule has 0 spiro atoms. The van der Waals surface area contributed by atoms with E-state index < -0.39 is 12.0 Å². The van der Waals surface area contributed by atoms with Gasteiger partial charge >= 0.3 is 6.09 Å². The van der Waals surface area contributed by atoms with Gasteiger partial charge in [-0.3, -0.25) is 10.1 Å². The highest BCUT2D eigenvalue weighted by atomic mass is 16.5. The van der Waals surface area contributed by atoms with Crippen molar-refractivity contribution in [2.45, 2.75) is 0 Å². The monoisotopic (exact) mass is 132 g/mol. The zero-order chi connectivity index (χ0) is 7.28. The maximum atomic E-state index is 10.2. The molecule has 0 heterocycles. The van der Waals surface area contributed by atoms with Crippen LogP contribution in [0.2, 0.25) is 0 Å². The molecule has 0 atom stereocenters. The normalized spacial score (nSPS) is 8.22. The van der Waals surface area contributed by atoms with Crippen molar-refractivity contribution in [2.75, 3.05) is 13.7 Å². The Bertz CT molecular complexity index is 109. The molecule has 0 aromatic rings. The van der Waals surface area contributed by atoms with Gasteiger partial charge in [0, 0.05) is 0 Å². The summed E-state index contributed by atoms with van der Waals surface area (Å²) in [5, 5.41) is 1.85. The van der Waals surface area contributed by atoms with Gasteiger partial charge in [0.25, 0.3) is 0 Å². The maximum absolute atomic E-state index is 10.2. The second kappa shape index (κ2) is 3.85. The smallest absolute Gasteiger partial charge is 0.413 e. The van der Waals surface area contributed by atoms with Crippen molar-refractivity contribution < 1.29 is 14.3 Å². The van der Waals surface area contributed by atoms with E-state index in [4.69, 9.17) is 5.73 Å². The van der Waals surface area contributed by atoms with Crippen molar-refractivity contribution in [2.24, 2.45) is 5.73 Å². The summed E-state index contributed by atoms with van der Waals surface area (Å²) in [5.41, 5.74) is 4.86. The van der Waals surface area contributed by atoms with Gasteiger partial charge in [-0.2, -0.15) is 0 Å². The van der Waals surface area contributed by atoms with Crippen LogP contribution in [0.3, 0.4) is 0 Å². The highest BCUT2D eigenvalue weighted by Crippen LogP contribution is 1.68. The number of hydrogen-bond acceptors (Lipinski definition) is 4. The molecular formula is C4H8N2O3. The van der Waals surface area contributed by atoms with Crippen LogP contribution in [0.1, 0.15) is 0 Å². The first-order chi connectivity index (χ1) is 4.20. The zero-order valence-electron chi connectivity index (χ0n) is 5.01. The summed E-state index contributed by atoms with van der Waals surface area (Å²) in [6, 6.07) is 0. The lowest BCUT2D eigenvalue weighted by Gasteiger charge is -1.97. The number of amides is 2. The molecule has 0 fully saturated rings. The molecular weight excluding hydrogens is 124 g/mol. The van der Waals surface area contributed by atoms with Gasteiger partial charge in [0.1, 0.15) is 0 Å². The molecule has 2 amide bonds. The van der Waals surface area contributed by atoms with Gasteiger partial charge in [0.05, 0.1) is 13.7 Å². The van der Waals surface area contributed by atoms with Crippen LogP contribution in [0.4, 0.5) is 4.79 Å². The second-order valence-corrected chi connectivity index (χ2v) is 1.24.